The van der Waals surface area contributed by atoms with E-state index in [-0.39, 0.29) is 6.54 Å². The second-order valence-electron chi connectivity index (χ2n) is 3.75. The third kappa shape index (κ3) is 2.06. The van der Waals surface area contributed by atoms with Crippen LogP contribution in [0.2, 0.25) is 0 Å². The van der Waals surface area contributed by atoms with E-state index >= 15 is 0 Å². The molecular formula is C11H10FNO4. The molecule has 1 aromatic carbocycles. The fourth-order valence-electron chi connectivity index (χ4n) is 1.55. The number of ether oxygens (including phenoxy) is 1. The fourth-order valence-corrected chi connectivity index (χ4v) is 1.55. The third-order valence-electron chi connectivity index (χ3n) is 2.55. The molecule has 1 heterocycles. The Kier molecular flexibility index (Phi) is 2.71. The van der Waals surface area contributed by atoms with Crippen LogP contribution in [0.1, 0.15) is 5.56 Å². The average Bonchev–Trinajstić information content (AvgIpc) is 2.65. The van der Waals surface area contributed by atoms with Crippen molar-refractivity contribution in [1.29, 1.82) is 0 Å². The number of carboxylic acids is 1. The number of aryl methyl sites for hydroxylation is 1. The number of anilines is 1. The molecule has 5 nitrogen and oxygen atoms in total. The normalized spacial score (nSPS) is 19.3. The summed E-state index contributed by atoms with van der Waals surface area (Å²) in [4.78, 5) is 23.2. The summed E-state index contributed by atoms with van der Waals surface area (Å²) in [6.07, 6.45) is -1.98. The zero-order valence-electron chi connectivity index (χ0n) is 9.01. The second kappa shape index (κ2) is 4.04. The van der Waals surface area contributed by atoms with E-state index in [0.29, 0.717) is 11.3 Å². The lowest BCUT2D eigenvalue weighted by atomic mass is 10.2. The van der Waals surface area contributed by atoms with Crippen molar-refractivity contribution in [3.63, 3.8) is 0 Å². The topological polar surface area (TPSA) is 66.8 Å². The maximum absolute atomic E-state index is 13.3. The average molecular weight is 239 g/mol. The highest BCUT2D eigenvalue weighted by molar-refractivity contribution is 5.93. The van der Waals surface area contributed by atoms with Gasteiger partial charge < -0.3 is 9.84 Å². The Morgan fingerprint density at radius 2 is 2.29 bits per heavy atom. The molecule has 0 aliphatic carbocycles. The summed E-state index contributed by atoms with van der Waals surface area (Å²) in [7, 11) is 0. The molecule has 2 rings (SSSR count). The monoisotopic (exact) mass is 239 g/mol. The molecule has 0 bridgehead atoms. The number of aliphatic carboxylic acids is 1. The van der Waals surface area contributed by atoms with Gasteiger partial charge in [0.05, 0.1) is 12.2 Å². The highest BCUT2D eigenvalue weighted by atomic mass is 19.1. The number of hydrogen-bond donors (Lipinski definition) is 1. The Labute approximate surface area is 96.4 Å². The first-order valence-corrected chi connectivity index (χ1v) is 4.96. The highest BCUT2D eigenvalue weighted by Gasteiger charge is 2.37. The highest BCUT2D eigenvalue weighted by Crippen LogP contribution is 2.23. The van der Waals surface area contributed by atoms with Gasteiger partial charge in [-0.05, 0) is 24.6 Å². The fraction of sp³-hybridized carbons (Fsp3) is 0.273. The van der Waals surface area contributed by atoms with Crippen molar-refractivity contribution in [2.45, 2.75) is 13.0 Å². The molecule has 1 amide bonds. The number of hydrogen-bond acceptors (Lipinski definition) is 3. The van der Waals surface area contributed by atoms with Crippen LogP contribution in [-0.2, 0) is 9.53 Å². The van der Waals surface area contributed by atoms with Crippen LogP contribution in [0, 0.1) is 12.7 Å². The number of carbonyl (C=O) groups excluding carboxylic acids is 1. The summed E-state index contributed by atoms with van der Waals surface area (Å²) < 4.78 is 17.9. The molecule has 0 saturated carbocycles. The first-order valence-electron chi connectivity index (χ1n) is 4.96. The van der Waals surface area contributed by atoms with Gasteiger partial charge in [0.25, 0.3) is 0 Å². The van der Waals surface area contributed by atoms with Crippen molar-refractivity contribution in [3.05, 3.63) is 29.6 Å². The predicted molar refractivity (Wildman–Crippen MR) is 56.4 cm³/mol. The molecule has 1 aliphatic rings. The van der Waals surface area contributed by atoms with Crippen LogP contribution in [0.15, 0.2) is 18.2 Å². The quantitative estimate of drug-likeness (QED) is 0.850. The first-order chi connectivity index (χ1) is 7.99. The zero-order valence-corrected chi connectivity index (χ0v) is 9.01. The molecule has 1 atom stereocenters. The Morgan fingerprint density at radius 3 is 2.82 bits per heavy atom. The summed E-state index contributed by atoms with van der Waals surface area (Å²) in [6.45, 7) is 1.48. The van der Waals surface area contributed by atoms with Crippen molar-refractivity contribution in [3.8, 4) is 0 Å². The maximum atomic E-state index is 13.3. The summed E-state index contributed by atoms with van der Waals surface area (Å²) in [5.74, 6) is -1.66. The number of cyclic esters (lactones) is 1. The van der Waals surface area contributed by atoms with E-state index in [1.165, 1.54) is 12.1 Å². The van der Waals surface area contributed by atoms with E-state index in [4.69, 9.17) is 5.11 Å². The van der Waals surface area contributed by atoms with Crippen LogP contribution in [0.5, 0.6) is 0 Å². The molecule has 0 aromatic heterocycles. The number of nitrogens with zero attached hydrogens (tertiary/aromatic N) is 1. The minimum atomic E-state index is -1.21. The molecule has 6 heteroatoms. The number of rotatable bonds is 2. The van der Waals surface area contributed by atoms with Crippen molar-refractivity contribution >= 4 is 17.7 Å². The van der Waals surface area contributed by atoms with E-state index < -0.39 is 24.0 Å². The number of carbonyl (C=O) groups is 2. The number of carboxylic acid groups (broad SMARTS) is 1. The van der Waals surface area contributed by atoms with Crippen molar-refractivity contribution in [2.24, 2.45) is 0 Å². The first kappa shape index (κ1) is 11.4. The van der Waals surface area contributed by atoms with Crippen molar-refractivity contribution < 1.29 is 23.8 Å². The molecule has 1 N–H and O–H groups in total. The van der Waals surface area contributed by atoms with Crippen LogP contribution in [0.4, 0.5) is 14.9 Å². The Hall–Kier alpha value is -2.11. The standard InChI is InChI=1S/C11H10FNO4/c1-6-2-3-7(4-8(6)12)13-5-9(10(14)15)17-11(13)16/h2-4,9H,5H2,1H3,(H,14,15)/t9-/m0/s1. The van der Waals surface area contributed by atoms with E-state index in [9.17, 15) is 14.0 Å². The van der Waals surface area contributed by atoms with Gasteiger partial charge in [-0.25, -0.2) is 14.0 Å². The molecule has 0 unspecified atom stereocenters. The molecule has 0 radical (unpaired) electrons. The van der Waals surface area contributed by atoms with Gasteiger partial charge in [0.15, 0.2) is 0 Å². The molecule has 0 spiro atoms. The zero-order chi connectivity index (χ0) is 12.6. The van der Waals surface area contributed by atoms with Gasteiger partial charge in [0.2, 0.25) is 6.10 Å². The van der Waals surface area contributed by atoms with E-state index in [2.05, 4.69) is 4.74 Å². The SMILES string of the molecule is Cc1ccc(N2C[C@@H](C(=O)O)OC2=O)cc1F. The molecule has 1 aliphatic heterocycles. The van der Waals surface area contributed by atoms with E-state index in [0.717, 1.165) is 4.90 Å². The Morgan fingerprint density at radius 1 is 1.59 bits per heavy atom. The van der Waals surface area contributed by atoms with Gasteiger partial charge in [-0.1, -0.05) is 6.07 Å². The van der Waals surface area contributed by atoms with Gasteiger partial charge in [0, 0.05) is 0 Å². The summed E-state index contributed by atoms with van der Waals surface area (Å²) in [5, 5.41) is 8.72. The minimum Gasteiger partial charge on any atom is -0.478 e. The Bertz CT molecular complexity index is 488. The number of benzene rings is 1. The minimum absolute atomic E-state index is 0.114. The molecular weight excluding hydrogens is 229 g/mol. The molecule has 1 aromatic rings. The smallest absolute Gasteiger partial charge is 0.415 e. The van der Waals surface area contributed by atoms with Crippen molar-refractivity contribution in [2.75, 3.05) is 11.4 Å². The maximum Gasteiger partial charge on any atom is 0.415 e. The third-order valence-corrected chi connectivity index (χ3v) is 2.55. The Balaban J connectivity index is 2.26. The van der Waals surface area contributed by atoms with E-state index in [1.807, 2.05) is 0 Å². The number of amides is 1. The van der Waals surface area contributed by atoms with Crippen LogP contribution < -0.4 is 4.90 Å². The molecule has 17 heavy (non-hydrogen) atoms. The van der Waals surface area contributed by atoms with Crippen molar-refractivity contribution in [1.82, 2.24) is 0 Å². The summed E-state index contributed by atoms with van der Waals surface area (Å²) in [6, 6.07) is 4.25. The largest absolute Gasteiger partial charge is 0.478 e. The lowest BCUT2D eigenvalue weighted by Crippen LogP contribution is -2.27. The summed E-state index contributed by atoms with van der Waals surface area (Å²) in [5.41, 5.74) is 0.748. The lowest BCUT2D eigenvalue weighted by Gasteiger charge is -2.12. The van der Waals surface area contributed by atoms with Gasteiger partial charge in [-0.3, -0.25) is 4.90 Å². The van der Waals surface area contributed by atoms with Crippen LogP contribution in [0.25, 0.3) is 0 Å². The van der Waals surface area contributed by atoms with Gasteiger partial charge in [-0.2, -0.15) is 0 Å². The predicted octanol–water partition coefficient (Wildman–Crippen LogP) is 1.54. The summed E-state index contributed by atoms with van der Waals surface area (Å²) >= 11 is 0. The van der Waals surface area contributed by atoms with E-state index in [1.54, 1.807) is 13.0 Å². The van der Waals surface area contributed by atoms with Crippen LogP contribution >= 0.6 is 0 Å². The van der Waals surface area contributed by atoms with Crippen LogP contribution in [0.3, 0.4) is 0 Å². The lowest BCUT2D eigenvalue weighted by molar-refractivity contribution is -0.144. The van der Waals surface area contributed by atoms with Crippen LogP contribution in [-0.4, -0.2) is 29.8 Å². The van der Waals surface area contributed by atoms with Gasteiger partial charge in [-0.15, -0.1) is 0 Å². The molecule has 1 fully saturated rings. The molecule has 1 saturated heterocycles. The van der Waals surface area contributed by atoms with Gasteiger partial charge in [0.1, 0.15) is 5.82 Å². The molecule has 90 valence electrons. The second-order valence-corrected chi connectivity index (χ2v) is 3.75. The van der Waals surface area contributed by atoms with Gasteiger partial charge >= 0.3 is 12.1 Å². The number of halogens is 1.